The molecule has 0 unspecified atom stereocenters. The predicted molar refractivity (Wildman–Crippen MR) is 64.4 cm³/mol. The monoisotopic (exact) mass is 254 g/mol. The van der Waals surface area contributed by atoms with Gasteiger partial charge in [0.1, 0.15) is 0 Å². The first-order valence-corrected chi connectivity index (χ1v) is 6.40. The zero-order chi connectivity index (χ0) is 11.8. The van der Waals surface area contributed by atoms with Crippen LogP contribution in [0.15, 0.2) is 0 Å². The maximum absolute atomic E-state index is 11.2. The van der Waals surface area contributed by atoms with Gasteiger partial charge in [0.15, 0.2) is 5.13 Å². The average molecular weight is 254 g/mol. The molecule has 2 amide bonds. The quantitative estimate of drug-likeness (QED) is 0.681. The lowest BCUT2D eigenvalue weighted by Crippen LogP contribution is -2.48. The molecule has 0 spiro atoms. The Morgan fingerprint density at radius 1 is 1.59 bits per heavy atom. The predicted octanol–water partition coefficient (Wildman–Crippen LogP) is 0.480. The third kappa shape index (κ3) is 2.01. The first kappa shape index (κ1) is 10.9. The van der Waals surface area contributed by atoms with Crippen LogP contribution in [0.3, 0.4) is 0 Å². The van der Waals surface area contributed by atoms with Crippen LogP contribution in [0.25, 0.3) is 0 Å². The highest BCUT2D eigenvalue weighted by Crippen LogP contribution is 2.35. The Morgan fingerprint density at radius 3 is 3.29 bits per heavy atom. The van der Waals surface area contributed by atoms with Crippen molar-refractivity contribution >= 4 is 22.5 Å². The molecule has 0 aliphatic carbocycles. The summed E-state index contributed by atoms with van der Waals surface area (Å²) in [4.78, 5) is 16.9. The third-order valence-corrected chi connectivity index (χ3v) is 4.10. The molecule has 0 radical (unpaired) electrons. The number of nitrogens with one attached hydrogen (secondary N) is 3. The summed E-state index contributed by atoms with van der Waals surface area (Å²) in [7, 11) is 1.59. The summed E-state index contributed by atoms with van der Waals surface area (Å²) in [6.45, 7) is 1.43. The highest BCUT2D eigenvalue weighted by molar-refractivity contribution is 7.16. The van der Waals surface area contributed by atoms with E-state index in [1.807, 2.05) is 0 Å². The number of ether oxygens (including phenoxy) is 1. The molecular formula is C10H14N4O2S. The van der Waals surface area contributed by atoms with Crippen molar-refractivity contribution < 1.29 is 9.53 Å². The summed E-state index contributed by atoms with van der Waals surface area (Å²) in [5, 5.41) is 9.40. The zero-order valence-electron chi connectivity index (χ0n) is 9.45. The molecule has 6 nitrogen and oxygen atoms in total. The van der Waals surface area contributed by atoms with E-state index in [1.54, 1.807) is 7.05 Å². The van der Waals surface area contributed by atoms with E-state index >= 15 is 0 Å². The van der Waals surface area contributed by atoms with Crippen molar-refractivity contribution in [3.8, 4) is 0 Å². The number of amides is 2. The van der Waals surface area contributed by atoms with Gasteiger partial charge < -0.3 is 15.4 Å². The normalized spacial score (nSPS) is 26.2. The van der Waals surface area contributed by atoms with Crippen LogP contribution < -0.4 is 16.0 Å². The molecular weight excluding hydrogens is 240 g/mol. The van der Waals surface area contributed by atoms with Gasteiger partial charge in [-0.05, 0) is 0 Å². The molecule has 2 bridgehead atoms. The minimum Gasteiger partial charge on any atom is -0.378 e. The Labute approximate surface area is 103 Å². The first-order valence-electron chi connectivity index (χ1n) is 5.58. The van der Waals surface area contributed by atoms with E-state index in [-0.39, 0.29) is 12.1 Å². The molecule has 2 atom stereocenters. The molecule has 2 aliphatic heterocycles. The third-order valence-electron chi connectivity index (χ3n) is 2.97. The lowest BCUT2D eigenvalue weighted by atomic mass is 10.0. The summed E-state index contributed by atoms with van der Waals surface area (Å²) in [6, 6.07) is 0.356. The van der Waals surface area contributed by atoms with Crippen molar-refractivity contribution in [3.05, 3.63) is 10.6 Å². The number of carbonyl (C=O) groups is 1. The summed E-state index contributed by atoms with van der Waals surface area (Å²) in [5.41, 5.74) is 1.10. The molecule has 1 fully saturated rings. The largest absolute Gasteiger partial charge is 0.378 e. The number of hydrogen-bond acceptors (Lipinski definition) is 5. The van der Waals surface area contributed by atoms with Crippen LogP contribution in [0, 0.1) is 0 Å². The Bertz CT molecular complexity index is 448. The number of anilines is 1. The van der Waals surface area contributed by atoms with Crippen molar-refractivity contribution in [2.45, 2.75) is 18.5 Å². The Hall–Kier alpha value is -1.18. The van der Waals surface area contributed by atoms with Gasteiger partial charge in [-0.25, -0.2) is 9.78 Å². The number of hydrogen-bond donors (Lipinski definition) is 3. The van der Waals surface area contributed by atoms with E-state index in [9.17, 15) is 4.79 Å². The van der Waals surface area contributed by atoms with Gasteiger partial charge in [-0.1, -0.05) is 11.3 Å². The zero-order valence-corrected chi connectivity index (χ0v) is 10.3. The van der Waals surface area contributed by atoms with Crippen LogP contribution in [-0.2, 0) is 11.2 Å². The van der Waals surface area contributed by atoms with Crippen LogP contribution in [0.2, 0.25) is 0 Å². The van der Waals surface area contributed by atoms with Gasteiger partial charge in [0.2, 0.25) is 0 Å². The molecule has 17 heavy (non-hydrogen) atoms. The van der Waals surface area contributed by atoms with Crippen molar-refractivity contribution in [3.63, 3.8) is 0 Å². The SMILES string of the molecule is CNC(=O)Nc1nc2c(s1)[C@@H]1COC[C@H](C2)N1. The Balaban J connectivity index is 1.84. The van der Waals surface area contributed by atoms with Crippen LogP contribution in [-0.4, -0.2) is 37.3 Å². The van der Waals surface area contributed by atoms with E-state index in [0.717, 1.165) is 18.7 Å². The fourth-order valence-electron chi connectivity index (χ4n) is 2.21. The highest BCUT2D eigenvalue weighted by atomic mass is 32.1. The summed E-state index contributed by atoms with van der Waals surface area (Å²) in [5.74, 6) is 0. The van der Waals surface area contributed by atoms with E-state index < -0.39 is 0 Å². The van der Waals surface area contributed by atoms with Gasteiger partial charge in [-0.3, -0.25) is 5.32 Å². The van der Waals surface area contributed by atoms with Crippen LogP contribution >= 0.6 is 11.3 Å². The fourth-order valence-corrected chi connectivity index (χ4v) is 3.24. The highest BCUT2D eigenvalue weighted by Gasteiger charge is 2.33. The number of urea groups is 1. The number of rotatable bonds is 1. The van der Waals surface area contributed by atoms with Gasteiger partial charge in [0.05, 0.1) is 24.9 Å². The molecule has 0 saturated carbocycles. The molecule has 3 N–H and O–H groups in total. The standard InChI is InChI=1S/C10H14N4O2S/c1-11-9(15)14-10-13-6-2-5-3-16-4-7(12-5)8(6)17-10/h5,7,12H,2-4H2,1H3,(H2,11,13,14,15)/t5-,7-/m0/s1. The van der Waals surface area contributed by atoms with Crippen molar-refractivity contribution in [1.82, 2.24) is 15.6 Å². The topological polar surface area (TPSA) is 75.3 Å². The van der Waals surface area contributed by atoms with Gasteiger partial charge in [0.25, 0.3) is 0 Å². The maximum atomic E-state index is 11.2. The maximum Gasteiger partial charge on any atom is 0.320 e. The van der Waals surface area contributed by atoms with Crippen LogP contribution in [0.4, 0.5) is 9.93 Å². The number of aromatic nitrogens is 1. The summed E-state index contributed by atoms with van der Waals surface area (Å²) in [6.07, 6.45) is 0.873. The minimum atomic E-state index is -0.233. The second-order valence-electron chi connectivity index (χ2n) is 4.19. The molecule has 3 rings (SSSR count). The second kappa shape index (κ2) is 4.25. The smallest absolute Gasteiger partial charge is 0.320 e. The molecule has 2 aliphatic rings. The number of carbonyl (C=O) groups excluding carboxylic acids is 1. The lowest BCUT2D eigenvalue weighted by Gasteiger charge is -2.34. The lowest BCUT2D eigenvalue weighted by molar-refractivity contribution is 0.0395. The summed E-state index contributed by atoms with van der Waals surface area (Å²) < 4.78 is 5.52. The number of fused-ring (bicyclic) bond motifs is 4. The van der Waals surface area contributed by atoms with E-state index in [2.05, 4.69) is 20.9 Å². The fraction of sp³-hybridized carbons (Fsp3) is 0.600. The van der Waals surface area contributed by atoms with Crippen molar-refractivity contribution in [2.24, 2.45) is 0 Å². The molecule has 1 saturated heterocycles. The van der Waals surface area contributed by atoms with Crippen LogP contribution in [0.5, 0.6) is 0 Å². The number of thiazole rings is 1. The van der Waals surface area contributed by atoms with E-state index in [0.29, 0.717) is 17.8 Å². The minimum absolute atomic E-state index is 0.232. The average Bonchev–Trinajstić information content (AvgIpc) is 2.72. The molecule has 92 valence electrons. The van der Waals surface area contributed by atoms with Gasteiger partial charge >= 0.3 is 6.03 Å². The van der Waals surface area contributed by atoms with E-state index in [1.165, 1.54) is 16.2 Å². The van der Waals surface area contributed by atoms with Gasteiger partial charge in [0, 0.05) is 24.4 Å². The molecule has 3 heterocycles. The molecule has 0 aromatic carbocycles. The van der Waals surface area contributed by atoms with Crippen molar-refractivity contribution in [2.75, 3.05) is 25.6 Å². The summed E-state index contributed by atoms with van der Waals surface area (Å²) >= 11 is 1.52. The number of morpholine rings is 1. The molecule has 1 aromatic rings. The Kier molecular flexibility index (Phi) is 2.73. The van der Waals surface area contributed by atoms with Gasteiger partial charge in [-0.15, -0.1) is 0 Å². The Morgan fingerprint density at radius 2 is 2.47 bits per heavy atom. The number of nitrogens with zero attached hydrogens (tertiary/aromatic N) is 1. The first-order chi connectivity index (χ1) is 8.26. The van der Waals surface area contributed by atoms with Gasteiger partial charge in [-0.2, -0.15) is 0 Å². The second-order valence-corrected chi connectivity index (χ2v) is 5.22. The van der Waals surface area contributed by atoms with E-state index in [4.69, 9.17) is 4.74 Å². The molecule has 1 aromatic heterocycles. The van der Waals surface area contributed by atoms with Crippen molar-refractivity contribution in [1.29, 1.82) is 0 Å². The molecule has 7 heteroatoms. The van der Waals surface area contributed by atoms with Crippen LogP contribution in [0.1, 0.15) is 16.6 Å².